The molecule has 0 spiro atoms. The van der Waals surface area contributed by atoms with E-state index in [0.29, 0.717) is 11.3 Å². The van der Waals surface area contributed by atoms with Crippen molar-refractivity contribution in [2.45, 2.75) is 59.5 Å². The van der Waals surface area contributed by atoms with Crippen molar-refractivity contribution in [1.82, 2.24) is 5.32 Å². The van der Waals surface area contributed by atoms with Crippen LogP contribution in [-0.2, 0) is 19.1 Å². The van der Waals surface area contributed by atoms with Gasteiger partial charge < -0.3 is 14.8 Å². The van der Waals surface area contributed by atoms with E-state index in [9.17, 15) is 14.0 Å². The Bertz CT molecular complexity index is 688. The Balaban J connectivity index is 2.65. The van der Waals surface area contributed by atoms with Gasteiger partial charge in [-0.2, -0.15) is 0 Å². The Hall–Kier alpha value is -2.11. The lowest BCUT2D eigenvalue weighted by molar-refractivity contribution is -0.143. The lowest BCUT2D eigenvalue weighted by atomic mass is 9.74. The Morgan fingerprint density at radius 1 is 1.15 bits per heavy atom. The largest absolute Gasteiger partial charge is 0.466 e. The highest BCUT2D eigenvalue weighted by Crippen LogP contribution is 2.42. The molecule has 5 nitrogen and oxygen atoms in total. The summed E-state index contributed by atoms with van der Waals surface area (Å²) in [5.74, 6) is -1.73. The summed E-state index contributed by atoms with van der Waals surface area (Å²) in [6.45, 7) is 6.44. The lowest BCUT2D eigenvalue weighted by Gasteiger charge is -2.34. The third kappa shape index (κ3) is 4.00. The number of halogens is 1. The van der Waals surface area contributed by atoms with Gasteiger partial charge in [-0.3, -0.25) is 0 Å². The van der Waals surface area contributed by atoms with E-state index in [4.69, 9.17) is 9.47 Å². The smallest absolute Gasteiger partial charge is 0.336 e. The second-order valence-electron chi connectivity index (χ2n) is 7.08. The van der Waals surface area contributed by atoms with Gasteiger partial charge in [0.1, 0.15) is 6.67 Å². The molecule has 0 aromatic carbocycles. The highest BCUT2D eigenvalue weighted by Gasteiger charge is 2.40. The molecule has 1 N–H and O–H groups in total. The third-order valence-electron chi connectivity index (χ3n) is 4.89. The summed E-state index contributed by atoms with van der Waals surface area (Å²) < 4.78 is 24.0. The summed E-state index contributed by atoms with van der Waals surface area (Å²) in [5.41, 5.74) is 3.36. The standard InChI is InChI=1S/C20H28FNO4/c1-11(2)26-20(24)16-13(4)22-15(10-21)18(19(23)25-5)17(16)14-9-7-6-8-12(14)3/h11,17,22H,6-10H2,1-5H3. The number of hydrogen-bond acceptors (Lipinski definition) is 5. The summed E-state index contributed by atoms with van der Waals surface area (Å²) in [7, 11) is 1.27. The van der Waals surface area contributed by atoms with Crippen LogP contribution in [0.2, 0.25) is 0 Å². The molecule has 0 saturated carbocycles. The van der Waals surface area contributed by atoms with Crippen LogP contribution in [0.15, 0.2) is 33.7 Å². The van der Waals surface area contributed by atoms with E-state index in [0.717, 1.165) is 36.8 Å². The van der Waals surface area contributed by atoms with E-state index in [-0.39, 0.29) is 17.4 Å². The number of carbonyl (C=O) groups excluding carboxylic acids is 2. The number of alkyl halides is 1. The molecule has 1 atom stereocenters. The van der Waals surface area contributed by atoms with E-state index in [1.54, 1.807) is 20.8 Å². The molecule has 26 heavy (non-hydrogen) atoms. The average molecular weight is 365 g/mol. The third-order valence-corrected chi connectivity index (χ3v) is 4.89. The number of rotatable bonds is 5. The van der Waals surface area contributed by atoms with Crippen molar-refractivity contribution in [2.24, 2.45) is 5.92 Å². The molecule has 0 radical (unpaired) electrons. The number of dihydropyridines is 1. The average Bonchev–Trinajstić information content (AvgIpc) is 2.59. The summed E-state index contributed by atoms with van der Waals surface area (Å²) in [6.07, 6.45) is 3.42. The van der Waals surface area contributed by atoms with Crippen LogP contribution >= 0.6 is 0 Å². The zero-order valence-corrected chi connectivity index (χ0v) is 16.2. The van der Waals surface area contributed by atoms with Gasteiger partial charge in [-0.25, -0.2) is 14.0 Å². The molecule has 1 unspecified atom stereocenters. The number of nitrogens with one attached hydrogen (secondary N) is 1. The Labute approximate surface area is 154 Å². The van der Waals surface area contributed by atoms with Gasteiger partial charge in [-0.05, 0) is 53.4 Å². The maximum atomic E-state index is 13.7. The summed E-state index contributed by atoms with van der Waals surface area (Å²) >= 11 is 0. The molecule has 144 valence electrons. The molecular weight excluding hydrogens is 337 g/mol. The van der Waals surface area contributed by atoms with Gasteiger partial charge in [0.25, 0.3) is 0 Å². The first-order valence-corrected chi connectivity index (χ1v) is 9.06. The van der Waals surface area contributed by atoms with Crippen LogP contribution in [-0.4, -0.2) is 31.8 Å². The molecule has 6 heteroatoms. The van der Waals surface area contributed by atoms with Gasteiger partial charge in [0, 0.05) is 11.6 Å². The van der Waals surface area contributed by atoms with Gasteiger partial charge in [0.2, 0.25) is 0 Å². The lowest BCUT2D eigenvalue weighted by Crippen LogP contribution is -2.36. The zero-order chi connectivity index (χ0) is 19.4. The minimum absolute atomic E-state index is 0.159. The monoisotopic (exact) mass is 365 g/mol. The number of esters is 2. The highest BCUT2D eigenvalue weighted by molar-refractivity contribution is 5.99. The number of ether oxygens (including phenoxy) is 2. The highest BCUT2D eigenvalue weighted by atomic mass is 19.1. The van der Waals surface area contributed by atoms with Crippen LogP contribution < -0.4 is 5.32 Å². The molecule has 0 aromatic heterocycles. The van der Waals surface area contributed by atoms with Crippen LogP contribution in [0.3, 0.4) is 0 Å². The van der Waals surface area contributed by atoms with Crippen molar-refractivity contribution in [3.8, 4) is 0 Å². The van der Waals surface area contributed by atoms with Crippen molar-refractivity contribution >= 4 is 11.9 Å². The van der Waals surface area contributed by atoms with Crippen LogP contribution in [0.25, 0.3) is 0 Å². The predicted molar refractivity (Wildman–Crippen MR) is 96.7 cm³/mol. The van der Waals surface area contributed by atoms with E-state index in [1.165, 1.54) is 7.11 Å². The molecule has 0 bridgehead atoms. The topological polar surface area (TPSA) is 64.6 Å². The maximum absolute atomic E-state index is 13.7. The van der Waals surface area contributed by atoms with Crippen LogP contribution in [0.4, 0.5) is 4.39 Å². The normalized spacial score (nSPS) is 21.1. The van der Waals surface area contributed by atoms with Gasteiger partial charge >= 0.3 is 11.9 Å². The quantitative estimate of drug-likeness (QED) is 0.594. The van der Waals surface area contributed by atoms with Crippen LogP contribution in [0, 0.1) is 5.92 Å². The summed E-state index contributed by atoms with van der Waals surface area (Å²) in [5, 5.41) is 2.88. The van der Waals surface area contributed by atoms with Gasteiger partial charge in [-0.15, -0.1) is 0 Å². The van der Waals surface area contributed by atoms with Crippen molar-refractivity contribution in [3.05, 3.63) is 33.7 Å². The molecule has 2 aliphatic rings. The molecule has 1 heterocycles. The first-order chi connectivity index (χ1) is 12.3. The van der Waals surface area contributed by atoms with E-state index in [1.807, 2.05) is 6.92 Å². The van der Waals surface area contributed by atoms with Gasteiger partial charge in [-0.1, -0.05) is 11.1 Å². The minimum Gasteiger partial charge on any atom is -0.466 e. The van der Waals surface area contributed by atoms with Crippen LogP contribution in [0.1, 0.15) is 53.4 Å². The van der Waals surface area contributed by atoms with Crippen LogP contribution in [0.5, 0.6) is 0 Å². The van der Waals surface area contributed by atoms with E-state index in [2.05, 4.69) is 5.32 Å². The SMILES string of the molecule is COC(=O)C1=C(CF)NC(C)=C(C(=O)OC(C)C)C1C1=C(C)CCCC1. The molecular formula is C20H28FNO4. The Kier molecular flexibility index (Phi) is 6.62. The fourth-order valence-electron chi connectivity index (χ4n) is 3.72. The first-order valence-electron chi connectivity index (χ1n) is 9.06. The Morgan fingerprint density at radius 3 is 2.35 bits per heavy atom. The van der Waals surface area contributed by atoms with E-state index >= 15 is 0 Å². The molecule has 0 fully saturated rings. The van der Waals surface area contributed by atoms with E-state index < -0.39 is 24.5 Å². The maximum Gasteiger partial charge on any atom is 0.336 e. The molecule has 2 rings (SSSR count). The predicted octanol–water partition coefficient (Wildman–Crippen LogP) is 3.72. The first kappa shape index (κ1) is 20.2. The Morgan fingerprint density at radius 2 is 1.81 bits per heavy atom. The number of allylic oxidation sites excluding steroid dienone is 4. The molecule has 1 aliphatic heterocycles. The number of methoxy groups -OCH3 is 1. The number of hydrogen-bond donors (Lipinski definition) is 1. The number of carbonyl (C=O) groups is 2. The van der Waals surface area contributed by atoms with Crippen molar-refractivity contribution < 1.29 is 23.5 Å². The molecule has 0 amide bonds. The second-order valence-corrected chi connectivity index (χ2v) is 7.08. The zero-order valence-electron chi connectivity index (χ0n) is 16.2. The van der Waals surface area contributed by atoms with Gasteiger partial charge in [0.05, 0.1) is 30.1 Å². The summed E-state index contributed by atoms with van der Waals surface area (Å²) in [4.78, 5) is 25.3. The fraction of sp³-hybridized carbons (Fsp3) is 0.600. The fourth-order valence-corrected chi connectivity index (χ4v) is 3.72. The van der Waals surface area contributed by atoms with Crippen molar-refractivity contribution in [3.63, 3.8) is 0 Å². The molecule has 0 aromatic rings. The second kappa shape index (κ2) is 8.52. The van der Waals surface area contributed by atoms with Crippen molar-refractivity contribution in [2.75, 3.05) is 13.8 Å². The van der Waals surface area contributed by atoms with Gasteiger partial charge in [0.15, 0.2) is 0 Å². The molecule has 0 saturated heterocycles. The minimum atomic E-state index is -0.836. The summed E-state index contributed by atoms with van der Waals surface area (Å²) in [6, 6.07) is 0. The van der Waals surface area contributed by atoms with Crippen molar-refractivity contribution in [1.29, 1.82) is 0 Å². The molecule has 1 aliphatic carbocycles.